The number of sulfone groups is 1. The van der Waals surface area contributed by atoms with E-state index in [9.17, 15) is 13.2 Å². The lowest BCUT2D eigenvalue weighted by Gasteiger charge is -2.09. The van der Waals surface area contributed by atoms with E-state index in [4.69, 9.17) is 5.11 Å². The molecule has 0 heterocycles. The summed E-state index contributed by atoms with van der Waals surface area (Å²) >= 11 is 0. The Morgan fingerprint density at radius 1 is 1.32 bits per heavy atom. The van der Waals surface area contributed by atoms with Crippen molar-refractivity contribution in [1.29, 1.82) is 0 Å². The van der Waals surface area contributed by atoms with Gasteiger partial charge in [0.05, 0.1) is 5.75 Å². The monoisotopic (exact) mass is 285 g/mol. The maximum Gasteiger partial charge on any atom is 0.239 e. The number of carbonyl (C=O) groups excluding carboxylic acids is 1. The number of rotatable bonds is 7. The highest BCUT2D eigenvalue weighted by Gasteiger charge is 2.16. The van der Waals surface area contributed by atoms with Gasteiger partial charge in [0.15, 0.2) is 9.84 Å². The third kappa shape index (κ3) is 5.40. The predicted molar refractivity (Wildman–Crippen MR) is 74.8 cm³/mol. The van der Waals surface area contributed by atoms with Crippen molar-refractivity contribution in [2.75, 3.05) is 23.4 Å². The van der Waals surface area contributed by atoms with Crippen LogP contribution in [-0.2, 0) is 21.1 Å². The molecule has 0 unspecified atom stereocenters. The lowest BCUT2D eigenvalue weighted by Crippen LogP contribution is -2.25. The molecule has 0 saturated carbocycles. The van der Waals surface area contributed by atoms with Gasteiger partial charge in [-0.05, 0) is 24.5 Å². The fraction of sp³-hybridized carbons (Fsp3) is 0.462. The van der Waals surface area contributed by atoms with Gasteiger partial charge in [0, 0.05) is 12.3 Å². The number of aliphatic hydroxyl groups is 1. The molecule has 0 fully saturated rings. The van der Waals surface area contributed by atoms with Crippen LogP contribution in [0.3, 0.4) is 0 Å². The molecule has 6 heteroatoms. The SMILES string of the molecule is CCc1ccccc1NC(=O)CS(=O)(=O)CCCO. The number of benzene rings is 1. The Labute approximate surface area is 113 Å². The maximum atomic E-state index is 11.7. The van der Waals surface area contributed by atoms with Crippen LogP contribution in [0.4, 0.5) is 5.69 Å². The molecule has 5 nitrogen and oxygen atoms in total. The quantitative estimate of drug-likeness (QED) is 0.782. The van der Waals surface area contributed by atoms with Gasteiger partial charge < -0.3 is 10.4 Å². The topological polar surface area (TPSA) is 83.5 Å². The molecule has 0 aliphatic rings. The van der Waals surface area contributed by atoms with Gasteiger partial charge in [0.1, 0.15) is 5.75 Å². The maximum absolute atomic E-state index is 11.7. The molecule has 1 aromatic rings. The van der Waals surface area contributed by atoms with E-state index in [0.717, 1.165) is 12.0 Å². The van der Waals surface area contributed by atoms with E-state index in [1.807, 2.05) is 19.1 Å². The molecule has 1 rings (SSSR count). The van der Waals surface area contributed by atoms with Crippen molar-refractivity contribution >= 4 is 21.4 Å². The van der Waals surface area contributed by atoms with Crippen molar-refractivity contribution in [2.24, 2.45) is 0 Å². The first kappa shape index (κ1) is 15.7. The van der Waals surface area contributed by atoms with Crippen LogP contribution in [0.15, 0.2) is 24.3 Å². The molecule has 0 radical (unpaired) electrons. The highest BCUT2D eigenvalue weighted by atomic mass is 32.2. The van der Waals surface area contributed by atoms with Crippen LogP contribution < -0.4 is 5.32 Å². The predicted octanol–water partition coefficient (Wildman–Crippen LogP) is 0.985. The van der Waals surface area contributed by atoms with Gasteiger partial charge in [-0.2, -0.15) is 0 Å². The summed E-state index contributed by atoms with van der Waals surface area (Å²) in [5.41, 5.74) is 1.61. The molecular weight excluding hydrogens is 266 g/mol. The van der Waals surface area contributed by atoms with Crippen LogP contribution in [0.1, 0.15) is 18.9 Å². The lowest BCUT2D eigenvalue weighted by atomic mass is 10.1. The number of hydrogen-bond donors (Lipinski definition) is 2. The molecule has 0 bridgehead atoms. The standard InChI is InChI=1S/C13H19NO4S/c1-2-11-6-3-4-7-12(11)14-13(16)10-19(17,18)9-5-8-15/h3-4,6-7,15H,2,5,8-10H2,1H3,(H,14,16). The van der Waals surface area contributed by atoms with Crippen LogP contribution in [-0.4, -0.2) is 37.5 Å². The lowest BCUT2D eigenvalue weighted by molar-refractivity contribution is -0.113. The smallest absolute Gasteiger partial charge is 0.239 e. The fourth-order valence-electron chi connectivity index (χ4n) is 1.69. The van der Waals surface area contributed by atoms with Gasteiger partial charge in [-0.1, -0.05) is 25.1 Å². The number of para-hydroxylation sites is 1. The minimum atomic E-state index is -3.45. The van der Waals surface area contributed by atoms with Crippen LogP contribution >= 0.6 is 0 Å². The van der Waals surface area contributed by atoms with E-state index >= 15 is 0 Å². The minimum absolute atomic E-state index is 0.154. The van der Waals surface area contributed by atoms with Crippen molar-refractivity contribution in [3.05, 3.63) is 29.8 Å². The summed E-state index contributed by atoms with van der Waals surface area (Å²) in [6.07, 6.45) is 0.912. The van der Waals surface area contributed by atoms with E-state index in [0.29, 0.717) is 5.69 Å². The van der Waals surface area contributed by atoms with Gasteiger partial charge in [0.2, 0.25) is 5.91 Å². The number of anilines is 1. The molecule has 106 valence electrons. The summed E-state index contributed by atoms with van der Waals surface area (Å²) in [5.74, 6) is -1.27. The molecule has 19 heavy (non-hydrogen) atoms. The molecule has 0 aliphatic carbocycles. The average Bonchev–Trinajstić information content (AvgIpc) is 2.36. The van der Waals surface area contributed by atoms with Gasteiger partial charge >= 0.3 is 0 Å². The summed E-state index contributed by atoms with van der Waals surface area (Å²) in [4.78, 5) is 11.7. The van der Waals surface area contributed by atoms with Gasteiger partial charge in [-0.15, -0.1) is 0 Å². The zero-order valence-electron chi connectivity index (χ0n) is 10.9. The summed E-state index contributed by atoms with van der Waals surface area (Å²) < 4.78 is 23.1. The number of hydrogen-bond acceptors (Lipinski definition) is 4. The number of aliphatic hydroxyl groups excluding tert-OH is 1. The van der Waals surface area contributed by atoms with E-state index < -0.39 is 21.5 Å². The second kappa shape index (κ2) is 7.25. The van der Waals surface area contributed by atoms with Crippen LogP contribution in [0, 0.1) is 0 Å². The molecule has 0 spiro atoms. The molecule has 1 aromatic carbocycles. The van der Waals surface area contributed by atoms with Gasteiger partial charge in [0.25, 0.3) is 0 Å². The third-order valence-electron chi connectivity index (χ3n) is 2.64. The van der Waals surface area contributed by atoms with E-state index in [-0.39, 0.29) is 18.8 Å². The highest BCUT2D eigenvalue weighted by molar-refractivity contribution is 7.92. The molecule has 0 atom stereocenters. The van der Waals surface area contributed by atoms with Crippen molar-refractivity contribution in [3.63, 3.8) is 0 Å². The van der Waals surface area contributed by atoms with Crippen LogP contribution in [0.25, 0.3) is 0 Å². The first-order valence-electron chi connectivity index (χ1n) is 6.17. The van der Waals surface area contributed by atoms with Crippen molar-refractivity contribution < 1.29 is 18.3 Å². The largest absolute Gasteiger partial charge is 0.396 e. The Bertz CT molecular complexity index is 525. The first-order chi connectivity index (χ1) is 8.98. The van der Waals surface area contributed by atoms with E-state index in [2.05, 4.69) is 5.32 Å². The van der Waals surface area contributed by atoms with Crippen LogP contribution in [0.2, 0.25) is 0 Å². The Kier molecular flexibility index (Phi) is 5.98. The number of carbonyl (C=O) groups is 1. The number of nitrogens with one attached hydrogen (secondary N) is 1. The van der Waals surface area contributed by atoms with Gasteiger partial charge in [-0.3, -0.25) is 4.79 Å². The van der Waals surface area contributed by atoms with E-state index in [1.54, 1.807) is 12.1 Å². The van der Waals surface area contributed by atoms with Crippen molar-refractivity contribution in [3.8, 4) is 0 Å². The highest BCUT2D eigenvalue weighted by Crippen LogP contribution is 2.15. The number of amides is 1. The Morgan fingerprint density at radius 2 is 2.00 bits per heavy atom. The summed E-state index contributed by atoms with van der Waals surface area (Å²) in [5, 5.41) is 11.2. The summed E-state index contributed by atoms with van der Waals surface area (Å²) in [7, 11) is -3.45. The molecule has 0 aliphatic heterocycles. The molecule has 0 aromatic heterocycles. The zero-order chi connectivity index (χ0) is 14.3. The van der Waals surface area contributed by atoms with Crippen molar-refractivity contribution in [2.45, 2.75) is 19.8 Å². The van der Waals surface area contributed by atoms with E-state index in [1.165, 1.54) is 0 Å². The summed E-state index contributed by atoms with van der Waals surface area (Å²) in [6, 6.07) is 7.29. The number of aryl methyl sites for hydroxylation is 1. The Hall–Kier alpha value is -1.40. The fourth-order valence-corrected chi connectivity index (χ4v) is 2.88. The molecular formula is C13H19NO4S. The Morgan fingerprint density at radius 3 is 2.63 bits per heavy atom. The van der Waals surface area contributed by atoms with Crippen LogP contribution in [0.5, 0.6) is 0 Å². The van der Waals surface area contributed by atoms with Gasteiger partial charge in [-0.25, -0.2) is 8.42 Å². The molecule has 0 saturated heterocycles. The second-order valence-electron chi connectivity index (χ2n) is 4.23. The summed E-state index contributed by atoms with van der Waals surface area (Å²) in [6.45, 7) is 1.77. The zero-order valence-corrected chi connectivity index (χ0v) is 11.7. The van der Waals surface area contributed by atoms with Crippen molar-refractivity contribution in [1.82, 2.24) is 0 Å². The normalized spacial score (nSPS) is 11.3. The third-order valence-corrected chi connectivity index (χ3v) is 4.25. The minimum Gasteiger partial charge on any atom is -0.396 e. The average molecular weight is 285 g/mol. The molecule has 1 amide bonds. The second-order valence-corrected chi connectivity index (χ2v) is 6.41. The first-order valence-corrected chi connectivity index (χ1v) is 7.99. The Balaban J connectivity index is 2.65. The molecule has 2 N–H and O–H groups in total.